The number of aryl methyl sites for hydroxylation is 2. The molecule has 0 aliphatic carbocycles. The molecule has 0 fully saturated rings. The molecule has 11 nitrogen and oxygen atoms in total. The Morgan fingerprint density at radius 3 is 1.75 bits per heavy atom. The van der Waals surface area contributed by atoms with Crippen molar-refractivity contribution in [3.05, 3.63) is 38.0 Å². The SMILES string of the molecule is Cn1cnc([N+](=O)[O-])c1Cl.Cn1cnc([N+](=O)[O-])c1N. The zero-order valence-electron chi connectivity index (χ0n) is 10.4. The van der Waals surface area contributed by atoms with Gasteiger partial charge >= 0.3 is 11.6 Å². The van der Waals surface area contributed by atoms with E-state index >= 15 is 0 Å². The Balaban J connectivity index is 0.000000200. The summed E-state index contributed by atoms with van der Waals surface area (Å²) in [4.78, 5) is 25.8. The first-order chi connectivity index (χ1) is 9.25. The van der Waals surface area contributed by atoms with E-state index in [1.807, 2.05) is 0 Å². The van der Waals surface area contributed by atoms with E-state index in [2.05, 4.69) is 9.97 Å². The molecule has 108 valence electrons. The molecule has 0 aliphatic rings. The molecule has 0 unspecified atom stereocenters. The van der Waals surface area contributed by atoms with Gasteiger partial charge in [-0.15, -0.1) is 0 Å². The minimum Gasteiger partial charge on any atom is -0.378 e. The average Bonchev–Trinajstić information content (AvgIpc) is 2.86. The molecule has 2 heterocycles. The smallest absolute Gasteiger partial charge is 0.378 e. The number of nitro groups is 2. The Hall–Kier alpha value is -2.69. The largest absolute Gasteiger partial charge is 0.406 e. The number of aromatic nitrogens is 4. The Bertz CT molecular complexity index is 593. The van der Waals surface area contributed by atoms with Crippen molar-refractivity contribution in [2.24, 2.45) is 14.1 Å². The molecule has 0 radical (unpaired) electrons. The third kappa shape index (κ3) is 3.20. The molecule has 2 aromatic rings. The van der Waals surface area contributed by atoms with E-state index in [9.17, 15) is 20.2 Å². The highest BCUT2D eigenvalue weighted by Gasteiger charge is 2.17. The topological polar surface area (TPSA) is 148 Å². The molecule has 0 atom stereocenters. The van der Waals surface area contributed by atoms with Crippen molar-refractivity contribution < 1.29 is 9.85 Å². The van der Waals surface area contributed by atoms with E-state index in [-0.39, 0.29) is 22.6 Å². The molecule has 0 aliphatic heterocycles. The van der Waals surface area contributed by atoms with E-state index in [4.69, 9.17) is 17.3 Å². The quantitative estimate of drug-likeness (QED) is 0.639. The number of anilines is 1. The van der Waals surface area contributed by atoms with Gasteiger partial charge in [0.25, 0.3) is 0 Å². The maximum Gasteiger partial charge on any atom is 0.406 e. The predicted octanol–water partition coefficient (Wildman–Crippen LogP) is 0.892. The molecular weight excluding hydrogens is 294 g/mol. The maximum atomic E-state index is 10.1. The summed E-state index contributed by atoms with van der Waals surface area (Å²) in [7, 11) is 3.18. The minimum absolute atomic E-state index is 0.0463. The van der Waals surface area contributed by atoms with Crippen LogP contribution in [0.4, 0.5) is 17.5 Å². The van der Waals surface area contributed by atoms with Crippen LogP contribution in [0.2, 0.25) is 5.15 Å². The van der Waals surface area contributed by atoms with Gasteiger partial charge in [0.1, 0.15) is 0 Å². The zero-order chi connectivity index (χ0) is 15.4. The van der Waals surface area contributed by atoms with Crippen LogP contribution in [0.3, 0.4) is 0 Å². The molecule has 2 aromatic heterocycles. The van der Waals surface area contributed by atoms with Crippen LogP contribution >= 0.6 is 11.6 Å². The lowest BCUT2D eigenvalue weighted by Crippen LogP contribution is -1.98. The molecule has 0 saturated carbocycles. The second-order valence-corrected chi connectivity index (χ2v) is 3.91. The standard InChI is InChI=1S/C4H4ClN3O2.C4H6N4O2/c2*1-7-2-6-4(3(7)5)8(9)10/h2H,1H3;2H,5H2,1H3. The van der Waals surface area contributed by atoms with E-state index in [0.717, 1.165) is 0 Å². The molecule has 2 N–H and O–H groups in total. The highest BCUT2D eigenvalue weighted by atomic mass is 35.5. The van der Waals surface area contributed by atoms with Crippen LogP contribution in [0.25, 0.3) is 0 Å². The summed E-state index contributed by atoms with van der Waals surface area (Å²) in [6.45, 7) is 0. The zero-order valence-corrected chi connectivity index (χ0v) is 11.2. The average molecular weight is 304 g/mol. The summed E-state index contributed by atoms with van der Waals surface area (Å²) in [6, 6.07) is 0. The van der Waals surface area contributed by atoms with Crippen LogP contribution in [0, 0.1) is 20.2 Å². The molecule has 20 heavy (non-hydrogen) atoms. The second-order valence-electron chi connectivity index (χ2n) is 3.55. The van der Waals surface area contributed by atoms with Gasteiger partial charge in [0, 0.05) is 14.1 Å². The number of hydrogen-bond acceptors (Lipinski definition) is 7. The molecular formula is C8H10ClN7O4. The van der Waals surface area contributed by atoms with E-state index in [1.165, 1.54) is 21.8 Å². The van der Waals surface area contributed by atoms with Crippen LogP contribution in [0.15, 0.2) is 12.7 Å². The molecule has 2 rings (SSSR count). The lowest BCUT2D eigenvalue weighted by Gasteiger charge is -1.90. The van der Waals surface area contributed by atoms with Crippen molar-refractivity contribution in [1.82, 2.24) is 19.1 Å². The first-order valence-electron chi connectivity index (χ1n) is 4.98. The lowest BCUT2D eigenvalue weighted by molar-refractivity contribution is -0.389. The Labute approximate surface area is 116 Å². The van der Waals surface area contributed by atoms with Gasteiger partial charge in [-0.3, -0.25) is 9.13 Å². The monoisotopic (exact) mass is 303 g/mol. The summed E-state index contributed by atoms with van der Waals surface area (Å²) in [5, 5.41) is 20.2. The Morgan fingerprint density at radius 2 is 1.55 bits per heavy atom. The van der Waals surface area contributed by atoms with Gasteiger partial charge in [-0.05, 0) is 19.8 Å². The number of hydrogen-bond donors (Lipinski definition) is 1. The third-order valence-corrected chi connectivity index (χ3v) is 2.59. The van der Waals surface area contributed by atoms with Gasteiger partial charge in [0.05, 0.1) is 0 Å². The van der Waals surface area contributed by atoms with E-state index < -0.39 is 9.85 Å². The third-order valence-electron chi connectivity index (χ3n) is 2.16. The first-order valence-corrected chi connectivity index (χ1v) is 5.35. The summed E-state index contributed by atoms with van der Waals surface area (Å²) in [5.74, 6) is -0.517. The number of nitrogen functional groups attached to an aromatic ring is 1. The van der Waals surface area contributed by atoms with Gasteiger partial charge in [0.2, 0.25) is 23.6 Å². The summed E-state index contributed by atoms with van der Waals surface area (Å²) in [5.41, 5.74) is 5.26. The summed E-state index contributed by atoms with van der Waals surface area (Å²) < 4.78 is 2.76. The fourth-order valence-electron chi connectivity index (χ4n) is 1.09. The van der Waals surface area contributed by atoms with E-state index in [0.29, 0.717) is 0 Å². The van der Waals surface area contributed by atoms with Crippen LogP contribution in [-0.2, 0) is 14.1 Å². The first kappa shape index (κ1) is 15.4. The Morgan fingerprint density at radius 1 is 1.10 bits per heavy atom. The van der Waals surface area contributed by atoms with Gasteiger partial charge in [-0.25, -0.2) is 0 Å². The molecule has 0 amide bonds. The maximum absolute atomic E-state index is 10.1. The highest BCUT2D eigenvalue weighted by molar-refractivity contribution is 6.31. The summed E-state index contributed by atoms with van der Waals surface area (Å²) in [6.07, 6.45) is 2.59. The van der Waals surface area contributed by atoms with Gasteiger partial charge < -0.3 is 26.0 Å². The lowest BCUT2D eigenvalue weighted by atomic mass is 10.7. The van der Waals surface area contributed by atoms with Crippen molar-refractivity contribution in [2.45, 2.75) is 0 Å². The van der Waals surface area contributed by atoms with Gasteiger partial charge in [-0.1, -0.05) is 11.6 Å². The molecule has 12 heteroatoms. The number of nitrogens with zero attached hydrogens (tertiary/aromatic N) is 6. The highest BCUT2D eigenvalue weighted by Crippen LogP contribution is 2.19. The van der Waals surface area contributed by atoms with Crippen LogP contribution in [0.5, 0.6) is 0 Å². The van der Waals surface area contributed by atoms with Crippen molar-refractivity contribution >= 4 is 29.1 Å². The number of imidazole rings is 2. The van der Waals surface area contributed by atoms with Crippen molar-refractivity contribution in [1.29, 1.82) is 0 Å². The van der Waals surface area contributed by atoms with Gasteiger partial charge in [-0.2, -0.15) is 0 Å². The van der Waals surface area contributed by atoms with E-state index in [1.54, 1.807) is 14.1 Å². The number of halogens is 1. The Kier molecular flexibility index (Phi) is 4.59. The van der Waals surface area contributed by atoms with Crippen molar-refractivity contribution in [3.8, 4) is 0 Å². The molecule has 0 spiro atoms. The fourth-order valence-corrected chi connectivity index (χ4v) is 1.25. The molecule has 0 saturated heterocycles. The number of nitrogens with two attached hydrogens (primary N) is 1. The van der Waals surface area contributed by atoms with Crippen LogP contribution < -0.4 is 5.73 Å². The second kappa shape index (κ2) is 5.97. The number of rotatable bonds is 2. The minimum atomic E-state index is -0.623. The summed E-state index contributed by atoms with van der Waals surface area (Å²) >= 11 is 5.46. The predicted molar refractivity (Wildman–Crippen MR) is 69.1 cm³/mol. The van der Waals surface area contributed by atoms with Gasteiger partial charge in [0.15, 0.2) is 0 Å². The van der Waals surface area contributed by atoms with Crippen LogP contribution in [0.1, 0.15) is 0 Å². The van der Waals surface area contributed by atoms with Crippen molar-refractivity contribution in [2.75, 3.05) is 5.73 Å². The molecule has 0 aromatic carbocycles. The fraction of sp³-hybridized carbons (Fsp3) is 0.250. The van der Waals surface area contributed by atoms with Crippen molar-refractivity contribution in [3.63, 3.8) is 0 Å². The van der Waals surface area contributed by atoms with Crippen LogP contribution in [-0.4, -0.2) is 28.9 Å². The molecule has 0 bridgehead atoms. The normalized spacial score (nSPS) is 9.75.